The molecule has 1 saturated heterocycles. The van der Waals surface area contributed by atoms with Crippen LogP contribution in [0.4, 0.5) is 5.69 Å². The molecule has 152 valence electrons. The molecular formula is C23H37ClN2O. The van der Waals surface area contributed by atoms with Crippen molar-refractivity contribution in [1.82, 2.24) is 4.90 Å². The van der Waals surface area contributed by atoms with Gasteiger partial charge in [-0.25, -0.2) is 0 Å². The highest BCUT2D eigenvalue weighted by Gasteiger charge is 2.25. The molecule has 1 fully saturated rings. The first-order valence-corrected chi connectivity index (χ1v) is 10.4. The van der Waals surface area contributed by atoms with Gasteiger partial charge in [0, 0.05) is 43.5 Å². The van der Waals surface area contributed by atoms with Crippen LogP contribution in [-0.4, -0.2) is 44.7 Å². The Hall–Kier alpha value is -1.19. The predicted octanol–water partition coefficient (Wildman–Crippen LogP) is 5.63. The minimum atomic E-state index is 0. The van der Waals surface area contributed by atoms with E-state index in [1.54, 1.807) is 7.11 Å². The third kappa shape index (κ3) is 5.65. The third-order valence-electron chi connectivity index (χ3n) is 6.06. The van der Waals surface area contributed by atoms with E-state index in [1.165, 1.54) is 68.6 Å². The molecule has 1 aliphatic heterocycles. The molecule has 1 aromatic carbocycles. The molecule has 1 aliphatic carbocycles. The molecular weight excluding hydrogens is 356 g/mol. The van der Waals surface area contributed by atoms with Gasteiger partial charge >= 0.3 is 0 Å². The SMILES string of the molecule is CCCCN1CCN(c2cc(OC)ccc2C2=CCC(C)(C)CC2)CC1.Cl. The summed E-state index contributed by atoms with van der Waals surface area (Å²) in [7, 11) is 1.77. The molecule has 0 atom stereocenters. The largest absolute Gasteiger partial charge is 0.497 e. The second kappa shape index (κ2) is 9.84. The van der Waals surface area contributed by atoms with Crippen LogP contribution in [0.3, 0.4) is 0 Å². The second-order valence-electron chi connectivity index (χ2n) is 8.66. The summed E-state index contributed by atoms with van der Waals surface area (Å²) in [6.07, 6.45) is 8.71. The van der Waals surface area contributed by atoms with Gasteiger partial charge < -0.3 is 9.64 Å². The molecule has 2 aliphatic rings. The number of anilines is 1. The zero-order valence-corrected chi connectivity index (χ0v) is 18.4. The number of allylic oxidation sites excluding steroid dienone is 2. The maximum atomic E-state index is 5.54. The molecule has 0 radical (unpaired) electrons. The lowest BCUT2D eigenvalue weighted by Gasteiger charge is -2.38. The van der Waals surface area contributed by atoms with Crippen molar-refractivity contribution >= 4 is 23.7 Å². The first-order valence-electron chi connectivity index (χ1n) is 10.4. The molecule has 1 heterocycles. The third-order valence-corrected chi connectivity index (χ3v) is 6.06. The molecule has 4 heteroatoms. The average molecular weight is 393 g/mol. The summed E-state index contributed by atoms with van der Waals surface area (Å²) in [5.41, 5.74) is 4.75. The Morgan fingerprint density at radius 1 is 1.11 bits per heavy atom. The van der Waals surface area contributed by atoms with Gasteiger partial charge in [-0.3, -0.25) is 4.90 Å². The summed E-state index contributed by atoms with van der Waals surface area (Å²) in [6.45, 7) is 12.8. The summed E-state index contributed by atoms with van der Waals surface area (Å²) < 4.78 is 5.54. The summed E-state index contributed by atoms with van der Waals surface area (Å²) in [4.78, 5) is 5.18. The number of ether oxygens (including phenoxy) is 1. The number of benzene rings is 1. The van der Waals surface area contributed by atoms with Gasteiger partial charge in [0.05, 0.1) is 7.11 Å². The molecule has 0 spiro atoms. The van der Waals surface area contributed by atoms with Crippen LogP contribution in [0.1, 0.15) is 58.4 Å². The highest BCUT2D eigenvalue weighted by Crippen LogP contribution is 2.41. The highest BCUT2D eigenvalue weighted by molar-refractivity contribution is 5.85. The van der Waals surface area contributed by atoms with Crippen LogP contribution < -0.4 is 9.64 Å². The molecule has 3 nitrogen and oxygen atoms in total. The Morgan fingerprint density at radius 2 is 1.85 bits per heavy atom. The van der Waals surface area contributed by atoms with Crippen LogP contribution in [-0.2, 0) is 0 Å². The Balaban J connectivity index is 0.00000261. The summed E-state index contributed by atoms with van der Waals surface area (Å²) in [5.74, 6) is 0.967. The van der Waals surface area contributed by atoms with E-state index in [4.69, 9.17) is 4.74 Å². The van der Waals surface area contributed by atoms with Crippen molar-refractivity contribution < 1.29 is 4.74 Å². The quantitative estimate of drug-likeness (QED) is 0.623. The van der Waals surface area contributed by atoms with Crippen LogP contribution in [0.15, 0.2) is 24.3 Å². The Morgan fingerprint density at radius 3 is 2.44 bits per heavy atom. The maximum absolute atomic E-state index is 5.54. The first kappa shape index (κ1) is 22.1. The zero-order valence-electron chi connectivity index (χ0n) is 17.6. The van der Waals surface area contributed by atoms with Crippen molar-refractivity contribution in [2.45, 2.75) is 52.9 Å². The fourth-order valence-corrected chi connectivity index (χ4v) is 4.09. The standard InChI is InChI=1S/C23H36N2O.ClH/c1-5-6-13-24-14-16-25(17-15-24)22-18-20(26-4)7-8-21(22)19-9-11-23(2,3)12-10-19;/h7-9,18H,5-6,10-17H2,1-4H3;1H. The van der Waals surface area contributed by atoms with Crippen LogP contribution in [0, 0.1) is 5.41 Å². The lowest BCUT2D eigenvalue weighted by atomic mass is 9.77. The highest BCUT2D eigenvalue weighted by atomic mass is 35.5. The summed E-state index contributed by atoms with van der Waals surface area (Å²) >= 11 is 0. The maximum Gasteiger partial charge on any atom is 0.120 e. The zero-order chi connectivity index (χ0) is 18.6. The van der Waals surface area contributed by atoms with E-state index >= 15 is 0 Å². The molecule has 0 unspecified atom stereocenters. The number of nitrogens with zero attached hydrogens (tertiary/aromatic N) is 2. The molecule has 0 saturated carbocycles. The smallest absolute Gasteiger partial charge is 0.120 e. The van der Waals surface area contributed by atoms with E-state index in [2.05, 4.69) is 54.8 Å². The van der Waals surface area contributed by atoms with Gasteiger partial charge in [-0.1, -0.05) is 33.3 Å². The number of unbranched alkanes of at least 4 members (excludes halogenated alkanes) is 1. The first-order chi connectivity index (χ1) is 12.5. The molecule has 1 aromatic rings. The van der Waals surface area contributed by atoms with Gasteiger partial charge in [-0.2, -0.15) is 0 Å². The normalized spacial score (nSPS) is 20.0. The monoisotopic (exact) mass is 392 g/mol. The number of hydrogen-bond acceptors (Lipinski definition) is 3. The number of hydrogen-bond donors (Lipinski definition) is 0. The fourth-order valence-electron chi connectivity index (χ4n) is 4.09. The van der Waals surface area contributed by atoms with Crippen molar-refractivity contribution in [2.75, 3.05) is 44.7 Å². The van der Waals surface area contributed by atoms with Crippen molar-refractivity contribution in [2.24, 2.45) is 5.41 Å². The molecule has 3 rings (SSSR count). The van der Waals surface area contributed by atoms with Gasteiger partial charge in [0.2, 0.25) is 0 Å². The fraction of sp³-hybridized carbons (Fsp3) is 0.652. The van der Waals surface area contributed by atoms with Crippen molar-refractivity contribution in [3.63, 3.8) is 0 Å². The number of rotatable bonds is 6. The molecule has 27 heavy (non-hydrogen) atoms. The number of piperazine rings is 1. The number of halogens is 1. The molecule has 0 aromatic heterocycles. The minimum Gasteiger partial charge on any atom is -0.497 e. The summed E-state index contributed by atoms with van der Waals surface area (Å²) in [6, 6.07) is 6.65. The second-order valence-corrected chi connectivity index (χ2v) is 8.66. The van der Waals surface area contributed by atoms with Gasteiger partial charge in [0.15, 0.2) is 0 Å². The Bertz CT molecular complexity index is 633. The van der Waals surface area contributed by atoms with E-state index in [0.29, 0.717) is 5.41 Å². The molecule has 0 bridgehead atoms. The lowest BCUT2D eigenvalue weighted by molar-refractivity contribution is 0.254. The lowest BCUT2D eigenvalue weighted by Crippen LogP contribution is -2.46. The predicted molar refractivity (Wildman–Crippen MR) is 119 cm³/mol. The average Bonchev–Trinajstić information content (AvgIpc) is 2.66. The van der Waals surface area contributed by atoms with Crippen LogP contribution in [0.2, 0.25) is 0 Å². The van der Waals surface area contributed by atoms with Gasteiger partial charge in [0.25, 0.3) is 0 Å². The number of methoxy groups -OCH3 is 1. The van der Waals surface area contributed by atoms with Crippen LogP contribution >= 0.6 is 12.4 Å². The van der Waals surface area contributed by atoms with Crippen molar-refractivity contribution in [3.8, 4) is 5.75 Å². The Labute approximate surface area is 172 Å². The van der Waals surface area contributed by atoms with E-state index in [9.17, 15) is 0 Å². The van der Waals surface area contributed by atoms with Gasteiger partial charge in [-0.05, 0) is 55.3 Å². The van der Waals surface area contributed by atoms with E-state index in [1.807, 2.05) is 0 Å². The van der Waals surface area contributed by atoms with Gasteiger partial charge in [-0.15, -0.1) is 12.4 Å². The van der Waals surface area contributed by atoms with Crippen LogP contribution in [0.25, 0.3) is 5.57 Å². The van der Waals surface area contributed by atoms with Crippen molar-refractivity contribution in [1.29, 1.82) is 0 Å². The topological polar surface area (TPSA) is 15.7 Å². The van der Waals surface area contributed by atoms with E-state index in [0.717, 1.165) is 18.8 Å². The van der Waals surface area contributed by atoms with E-state index in [-0.39, 0.29) is 12.4 Å². The van der Waals surface area contributed by atoms with Crippen molar-refractivity contribution in [3.05, 3.63) is 29.8 Å². The molecule has 0 N–H and O–H groups in total. The molecule has 0 amide bonds. The van der Waals surface area contributed by atoms with E-state index < -0.39 is 0 Å². The van der Waals surface area contributed by atoms with Gasteiger partial charge in [0.1, 0.15) is 5.75 Å². The van der Waals surface area contributed by atoms with Crippen LogP contribution in [0.5, 0.6) is 5.75 Å². The summed E-state index contributed by atoms with van der Waals surface area (Å²) in [5, 5.41) is 0. The Kier molecular flexibility index (Phi) is 8.05. The minimum absolute atomic E-state index is 0.